The molecule has 0 saturated carbocycles. The summed E-state index contributed by atoms with van der Waals surface area (Å²) >= 11 is 0. The number of halogens is 1. The van der Waals surface area contributed by atoms with E-state index in [9.17, 15) is 9.18 Å². The second-order valence-electron chi connectivity index (χ2n) is 5.96. The highest BCUT2D eigenvalue weighted by Gasteiger charge is 2.19. The maximum Gasteiger partial charge on any atom is 0.200 e. The zero-order valence-corrected chi connectivity index (χ0v) is 12.5. The highest BCUT2D eigenvalue weighted by molar-refractivity contribution is 5.97. The van der Waals surface area contributed by atoms with Crippen molar-refractivity contribution in [2.24, 2.45) is 0 Å². The van der Waals surface area contributed by atoms with E-state index in [0.29, 0.717) is 11.3 Å². The molecule has 0 aliphatic rings. The fraction of sp³-hybridized carbons (Fsp3) is 0.278. The van der Waals surface area contributed by atoms with Gasteiger partial charge in [0.05, 0.1) is 0 Å². The Kier molecular flexibility index (Phi) is 4.41. The van der Waals surface area contributed by atoms with Crippen LogP contribution in [0.5, 0.6) is 5.75 Å². The van der Waals surface area contributed by atoms with Gasteiger partial charge in [0.1, 0.15) is 11.6 Å². The number of rotatable bonds is 4. The standard InChI is InChI=1S/C18H19FO2/c1-18(2,3)15-6-4-5-7-17(15)21-12-16(20)13-8-10-14(19)11-9-13/h4-11H,12H2,1-3H3. The van der Waals surface area contributed by atoms with Crippen molar-refractivity contribution in [2.75, 3.05) is 6.61 Å². The molecule has 0 bridgehead atoms. The Bertz CT molecular complexity index is 624. The Labute approximate surface area is 124 Å². The van der Waals surface area contributed by atoms with Gasteiger partial charge < -0.3 is 4.74 Å². The van der Waals surface area contributed by atoms with E-state index in [1.54, 1.807) is 0 Å². The minimum atomic E-state index is -0.356. The van der Waals surface area contributed by atoms with Crippen molar-refractivity contribution < 1.29 is 13.9 Å². The first kappa shape index (κ1) is 15.2. The van der Waals surface area contributed by atoms with Crippen LogP contribution < -0.4 is 4.74 Å². The predicted octanol–water partition coefficient (Wildman–Crippen LogP) is 4.38. The molecule has 0 atom stereocenters. The summed E-state index contributed by atoms with van der Waals surface area (Å²) in [6.07, 6.45) is 0. The molecule has 0 radical (unpaired) electrons. The SMILES string of the molecule is CC(C)(C)c1ccccc1OCC(=O)c1ccc(F)cc1. The first-order valence-electron chi connectivity index (χ1n) is 6.89. The number of benzene rings is 2. The Balaban J connectivity index is 2.10. The van der Waals surface area contributed by atoms with Crippen molar-refractivity contribution >= 4 is 5.78 Å². The molecule has 110 valence electrons. The quantitative estimate of drug-likeness (QED) is 0.779. The van der Waals surface area contributed by atoms with Crippen molar-refractivity contribution in [3.63, 3.8) is 0 Å². The van der Waals surface area contributed by atoms with Crippen LogP contribution in [0.3, 0.4) is 0 Å². The van der Waals surface area contributed by atoms with Crippen molar-refractivity contribution in [1.29, 1.82) is 0 Å². The summed E-state index contributed by atoms with van der Waals surface area (Å²) in [5.41, 5.74) is 1.44. The van der Waals surface area contributed by atoms with E-state index in [1.807, 2.05) is 24.3 Å². The number of para-hydroxylation sites is 1. The molecule has 0 heterocycles. The second kappa shape index (κ2) is 6.08. The van der Waals surface area contributed by atoms with E-state index in [0.717, 1.165) is 5.56 Å². The van der Waals surface area contributed by atoms with Gasteiger partial charge in [-0.3, -0.25) is 4.79 Å². The molecule has 2 nitrogen and oxygen atoms in total. The molecule has 0 aromatic heterocycles. The van der Waals surface area contributed by atoms with E-state index in [1.165, 1.54) is 24.3 Å². The maximum absolute atomic E-state index is 12.8. The number of Topliss-reactive ketones (excluding diaryl/α,β-unsaturated/α-hetero) is 1. The van der Waals surface area contributed by atoms with Gasteiger partial charge in [-0.25, -0.2) is 4.39 Å². The van der Waals surface area contributed by atoms with Crippen molar-refractivity contribution in [3.05, 3.63) is 65.5 Å². The smallest absolute Gasteiger partial charge is 0.200 e. The summed E-state index contributed by atoms with van der Waals surface area (Å²) in [5.74, 6) is 0.185. The number of hydrogen-bond acceptors (Lipinski definition) is 2. The lowest BCUT2D eigenvalue weighted by Crippen LogP contribution is -2.16. The van der Waals surface area contributed by atoms with Gasteiger partial charge in [-0.15, -0.1) is 0 Å². The lowest BCUT2D eigenvalue weighted by atomic mass is 9.86. The van der Waals surface area contributed by atoms with Crippen LogP contribution in [-0.2, 0) is 5.41 Å². The minimum Gasteiger partial charge on any atom is -0.485 e. The van der Waals surface area contributed by atoms with Crippen molar-refractivity contribution in [3.8, 4) is 5.75 Å². The van der Waals surface area contributed by atoms with E-state index in [-0.39, 0.29) is 23.6 Å². The molecule has 0 aliphatic heterocycles. The third-order valence-corrected chi connectivity index (χ3v) is 3.22. The summed E-state index contributed by atoms with van der Waals surface area (Å²) in [7, 11) is 0. The number of ether oxygens (including phenoxy) is 1. The number of carbonyl (C=O) groups excluding carboxylic acids is 1. The van der Waals surface area contributed by atoms with Crippen LogP contribution in [0, 0.1) is 5.82 Å². The van der Waals surface area contributed by atoms with E-state index in [2.05, 4.69) is 20.8 Å². The zero-order valence-electron chi connectivity index (χ0n) is 12.5. The Hall–Kier alpha value is -2.16. The van der Waals surface area contributed by atoms with Gasteiger partial charge in [-0.2, -0.15) is 0 Å². The van der Waals surface area contributed by atoms with Crippen LogP contribution in [-0.4, -0.2) is 12.4 Å². The topological polar surface area (TPSA) is 26.3 Å². The van der Waals surface area contributed by atoms with Crippen LogP contribution in [0.1, 0.15) is 36.7 Å². The maximum atomic E-state index is 12.8. The Morgan fingerprint density at radius 1 is 1.05 bits per heavy atom. The first-order valence-corrected chi connectivity index (χ1v) is 6.89. The molecule has 3 heteroatoms. The van der Waals surface area contributed by atoms with E-state index in [4.69, 9.17) is 4.74 Å². The highest BCUT2D eigenvalue weighted by atomic mass is 19.1. The summed E-state index contributed by atoms with van der Waals surface area (Å²) in [4.78, 5) is 12.0. The zero-order chi connectivity index (χ0) is 15.5. The van der Waals surface area contributed by atoms with Gasteiger partial charge >= 0.3 is 0 Å². The van der Waals surface area contributed by atoms with E-state index < -0.39 is 0 Å². The van der Waals surface area contributed by atoms with Crippen LogP contribution in [0.25, 0.3) is 0 Å². The van der Waals surface area contributed by atoms with Crippen LogP contribution in [0.15, 0.2) is 48.5 Å². The lowest BCUT2D eigenvalue weighted by Gasteiger charge is -2.22. The van der Waals surface area contributed by atoms with Crippen LogP contribution >= 0.6 is 0 Å². The van der Waals surface area contributed by atoms with Gasteiger partial charge in [0.25, 0.3) is 0 Å². The molecule has 2 rings (SSSR count). The average molecular weight is 286 g/mol. The third-order valence-electron chi connectivity index (χ3n) is 3.22. The molecule has 2 aromatic rings. The molecule has 0 unspecified atom stereocenters. The predicted molar refractivity (Wildman–Crippen MR) is 81.4 cm³/mol. The molecule has 0 amide bonds. The monoisotopic (exact) mass is 286 g/mol. The Morgan fingerprint density at radius 2 is 1.67 bits per heavy atom. The molecule has 0 spiro atoms. The molecular weight excluding hydrogens is 267 g/mol. The van der Waals surface area contributed by atoms with Gasteiger partial charge in [0.15, 0.2) is 12.4 Å². The molecule has 0 N–H and O–H groups in total. The van der Waals surface area contributed by atoms with Gasteiger partial charge in [-0.1, -0.05) is 39.0 Å². The largest absolute Gasteiger partial charge is 0.485 e. The van der Waals surface area contributed by atoms with Gasteiger partial charge in [0.2, 0.25) is 0 Å². The van der Waals surface area contributed by atoms with Crippen molar-refractivity contribution in [2.45, 2.75) is 26.2 Å². The molecule has 2 aromatic carbocycles. The number of ketones is 1. The summed E-state index contributed by atoms with van der Waals surface area (Å²) < 4.78 is 18.5. The van der Waals surface area contributed by atoms with Gasteiger partial charge in [-0.05, 0) is 41.3 Å². The summed E-state index contributed by atoms with van der Waals surface area (Å²) in [6, 6.07) is 13.2. The minimum absolute atomic E-state index is 0.0568. The molecule has 0 fully saturated rings. The van der Waals surface area contributed by atoms with E-state index >= 15 is 0 Å². The lowest BCUT2D eigenvalue weighted by molar-refractivity contribution is 0.0920. The molecule has 21 heavy (non-hydrogen) atoms. The fourth-order valence-electron chi connectivity index (χ4n) is 2.07. The molecular formula is C18H19FO2. The summed E-state index contributed by atoms with van der Waals surface area (Å²) in [5, 5.41) is 0. The highest BCUT2D eigenvalue weighted by Crippen LogP contribution is 2.30. The van der Waals surface area contributed by atoms with Gasteiger partial charge in [0, 0.05) is 5.56 Å². The van der Waals surface area contributed by atoms with Crippen LogP contribution in [0.4, 0.5) is 4.39 Å². The van der Waals surface area contributed by atoms with Crippen LogP contribution in [0.2, 0.25) is 0 Å². The molecule has 0 aliphatic carbocycles. The summed E-state index contributed by atoms with van der Waals surface area (Å²) in [6.45, 7) is 6.23. The first-order chi connectivity index (χ1) is 9.88. The fourth-order valence-corrected chi connectivity index (χ4v) is 2.07. The molecule has 0 saturated heterocycles. The normalized spacial score (nSPS) is 11.2. The average Bonchev–Trinajstić information content (AvgIpc) is 2.45. The van der Waals surface area contributed by atoms with Crippen molar-refractivity contribution in [1.82, 2.24) is 0 Å². The number of hydrogen-bond donors (Lipinski definition) is 0. The number of carbonyl (C=O) groups is 1. The Morgan fingerprint density at radius 3 is 2.29 bits per heavy atom. The second-order valence-corrected chi connectivity index (χ2v) is 5.96. The third kappa shape index (κ3) is 3.91.